The molecule has 0 atom stereocenters. The maximum Gasteiger partial charge on any atom is 0.224 e. The Morgan fingerprint density at radius 3 is 2.97 bits per heavy atom. The monoisotopic (exact) mass is 408 g/mol. The van der Waals surface area contributed by atoms with Gasteiger partial charge in [-0.2, -0.15) is 0 Å². The second-order valence-electron chi connectivity index (χ2n) is 7.51. The number of anilines is 2. The number of carbonyl (C=O) groups is 2. The number of likely N-dealkylation sites (tertiary alicyclic amines) is 1. The van der Waals surface area contributed by atoms with Crippen LogP contribution >= 0.6 is 11.3 Å². The van der Waals surface area contributed by atoms with Crippen molar-refractivity contribution >= 4 is 34.0 Å². The summed E-state index contributed by atoms with van der Waals surface area (Å²) in [4.78, 5) is 30.5. The van der Waals surface area contributed by atoms with E-state index >= 15 is 0 Å². The normalized spacial score (nSPS) is 17.1. The molecule has 2 aromatic rings. The fourth-order valence-corrected chi connectivity index (χ4v) is 4.67. The minimum absolute atomic E-state index is 0.0834. The standard InChI is InChI=1S/C22H24N4O2S/c1-15(27)24-22-23-13-18(29-22)14-26-11-9-16(10-12-26)5-6-17-3-2-4-20-19(17)7-8-21(28)25-20/h2-4,13,16H,7-12,14H2,1H3,(H,25,28)(H,23,24,27). The molecule has 0 unspecified atom stereocenters. The van der Waals surface area contributed by atoms with Crippen LogP contribution in [-0.4, -0.2) is 34.8 Å². The summed E-state index contributed by atoms with van der Waals surface area (Å²) in [6, 6.07) is 5.96. The lowest BCUT2D eigenvalue weighted by molar-refractivity contribution is -0.116. The summed E-state index contributed by atoms with van der Waals surface area (Å²) in [7, 11) is 0. The molecule has 1 aromatic carbocycles. The van der Waals surface area contributed by atoms with Crippen LogP contribution in [0.2, 0.25) is 0 Å². The minimum atomic E-state index is -0.0904. The van der Waals surface area contributed by atoms with Gasteiger partial charge in [0.1, 0.15) is 0 Å². The second kappa shape index (κ2) is 8.76. The van der Waals surface area contributed by atoms with Crippen LogP contribution in [0.4, 0.5) is 10.8 Å². The van der Waals surface area contributed by atoms with Gasteiger partial charge in [-0.15, -0.1) is 11.3 Å². The number of hydrogen-bond donors (Lipinski definition) is 2. The van der Waals surface area contributed by atoms with Gasteiger partial charge in [-0.1, -0.05) is 17.9 Å². The molecule has 0 spiro atoms. The average molecular weight is 409 g/mol. The molecule has 7 heteroatoms. The van der Waals surface area contributed by atoms with E-state index < -0.39 is 0 Å². The zero-order valence-corrected chi connectivity index (χ0v) is 17.3. The van der Waals surface area contributed by atoms with E-state index in [0.29, 0.717) is 17.5 Å². The Hall–Kier alpha value is -2.69. The van der Waals surface area contributed by atoms with Crippen LogP contribution in [0.15, 0.2) is 24.4 Å². The predicted molar refractivity (Wildman–Crippen MR) is 115 cm³/mol. The van der Waals surface area contributed by atoms with Crippen LogP contribution in [0, 0.1) is 17.8 Å². The lowest BCUT2D eigenvalue weighted by Gasteiger charge is -2.29. The van der Waals surface area contributed by atoms with Crippen molar-refractivity contribution in [2.24, 2.45) is 5.92 Å². The molecule has 0 aliphatic carbocycles. The van der Waals surface area contributed by atoms with Crippen molar-refractivity contribution in [3.63, 3.8) is 0 Å². The first kappa shape index (κ1) is 19.6. The van der Waals surface area contributed by atoms with Gasteiger partial charge in [0.2, 0.25) is 11.8 Å². The predicted octanol–water partition coefficient (Wildman–Crippen LogP) is 3.25. The van der Waals surface area contributed by atoms with Crippen molar-refractivity contribution in [2.45, 2.75) is 39.2 Å². The van der Waals surface area contributed by atoms with E-state index in [1.165, 1.54) is 18.3 Å². The summed E-state index contributed by atoms with van der Waals surface area (Å²) in [5.41, 5.74) is 3.11. The van der Waals surface area contributed by atoms with E-state index in [1.807, 2.05) is 18.3 Å². The molecule has 2 aliphatic heterocycles. The number of thiazole rings is 1. The number of fused-ring (bicyclic) bond motifs is 1. The van der Waals surface area contributed by atoms with Crippen molar-refractivity contribution in [1.29, 1.82) is 0 Å². The van der Waals surface area contributed by atoms with Crippen LogP contribution in [0.25, 0.3) is 0 Å². The molecule has 6 nitrogen and oxygen atoms in total. The van der Waals surface area contributed by atoms with E-state index in [4.69, 9.17) is 0 Å². The van der Waals surface area contributed by atoms with Crippen molar-refractivity contribution in [1.82, 2.24) is 9.88 Å². The number of hydrogen-bond acceptors (Lipinski definition) is 5. The summed E-state index contributed by atoms with van der Waals surface area (Å²) in [5.74, 6) is 7.23. The van der Waals surface area contributed by atoms with Crippen molar-refractivity contribution < 1.29 is 9.59 Å². The first-order valence-electron chi connectivity index (χ1n) is 9.95. The molecule has 0 radical (unpaired) electrons. The van der Waals surface area contributed by atoms with E-state index in [2.05, 4.69) is 38.4 Å². The maximum atomic E-state index is 11.6. The molecule has 0 bridgehead atoms. The van der Waals surface area contributed by atoms with Crippen molar-refractivity contribution in [3.8, 4) is 11.8 Å². The number of benzene rings is 1. The van der Waals surface area contributed by atoms with E-state index in [0.717, 1.165) is 60.6 Å². The zero-order valence-electron chi connectivity index (χ0n) is 16.5. The van der Waals surface area contributed by atoms with E-state index in [-0.39, 0.29) is 11.8 Å². The van der Waals surface area contributed by atoms with Crippen LogP contribution in [0.1, 0.15) is 42.2 Å². The number of carbonyl (C=O) groups excluding carboxylic acids is 2. The fourth-order valence-electron chi connectivity index (χ4n) is 3.77. The largest absolute Gasteiger partial charge is 0.326 e. The molecular weight excluding hydrogens is 384 g/mol. The third-order valence-corrected chi connectivity index (χ3v) is 6.16. The molecule has 150 valence electrons. The number of piperidine rings is 1. The lowest BCUT2D eigenvalue weighted by atomic mass is 9.94. The van der Waals surface area contributed by atoms with E-state index in [1.54, 1.807) is 0 Å². The molecule has 2 aliphatic rings. The SMILES string of the molecule is CC(=O)Nc1ncc(CN2CCC(C#Cc3cccc4c3CCC(=O)N4)CC2)s1. The minimum Gasteiger partial charge on any atom is -0.326 e. The van der Waals surface area contributed by atoms with Gasteiger partial charge in [-0.3, -0.25) is 14.5 Å². The Labute approximate surface area is 174 Å². The van der Waals surface area contributed by atoms with Crippen LogP contribution in [0.5, 0.6) is 0 Å². The highest BCUT2D eigenvalue weighted by molar-refractivity contribution is 7.15. The van der Waals surface area contributed by atoms with Crippen LogP contribution in [-0.2, 0) is 22.6 Å². The Kier molecular flexibility index (Phi) is 5.93. The summed E-state index contributed by atoms with van der Waals surface area (Å²) < 4.78 is 0. The van der Waals surface area contributed by atoms with Gasteiger partial charge in [0.05, 0.1) is 0 Å². The Bertz CT molecular complexity index is 980. The quantitative estimate of drug-likeness (QED) is 0.765. The first-order valence-corrected chi connectivity index (χ1v) is 10.8. The van der Waals surface area contributed by atoms with Gasteiger partial charge < -0.3 is 10.6 Å². The number of aromatic nitrogens is 1. The molecule has 1 aromatic heterocycles. The maximum absolute atomic E-state index is 11.6. The Balaban J connectivity index is 1.32. The molecule has 1 fully saturated rings. The van der Waals surface area contributed by atoms with Crippen molar-refractivity contribution in [3.05, 3.63) is 40.4 Å². The van der Waals surface area contributed by atoms with Gasteiger partial charge >= 0.3 is 0 Å². The summed E-state index contributed by atoms with van der Waals surface area (Å²) in [5, 5.41) is 6.34. The highest BCUT2D eigenvalue weighted by Crippen LogP contribution is 2.26. The van der Waals surface area contributed by atoms with Gasteiger partial charge in [-0.25, -0.2) is 4.98 Å². The molecule has 0 saturated carbocycles. The highest BCUT2D eigenvalue weighted by atomic mass is 32.1. The molecule has 4 rings (SSSR count). The Morgan fingerprint density at radius 2 is 2.17 bits per heavy atom. The van der Waals surface area contributed by atoms with E-state index in [9.17, 15) is 9.59 Å². The molecule has 2 N–H and O–H groups in total. The van der Waals surface area contributed by atoms with Gasteiger partial charge in [0.25, 0.3) is 0 Å². The first-order chi connectivity index (χ1) is 14.1. The molecule has 29 heavy (non-hydrogen) atoms. The fraction of sp³-hybridized carbons (Fsp3) is 0.409. The molecular formula is C22H24N4O2S. The highest BCUT2D eigenvalue weighted by Gasteiger charge is 2.20. The smallest absolute Gasteiger partial charge is 0.224 e. The van der Waals surface area contributed by atoms with Crippen LogP contribution in [0.3, 0.4) is 0 Å². The average Bonchev–Trinajstić information content (AvgIpc) is 3.13. The zero-order chi connectivity index (χ0) is 20.2. The van der Waals surface area contributed by atoms with Crippen molar-refractivity contribution in [2.75, 3.05) is 23.7 Å². The number of nitrogens with zero attached hydrogens (tertiary/aromatic N) is 2. The third kappa shape index (κ3) is 5.03. The van der Waals surface area contributed by atoms with Gasteiger partial charge in [0.15, 0.2) is 5.13 Å². The summed E-state index contributed by atoms with van der Waals surface area (Å²) in [6.45, 7) is 4.38. The van der Waals surface area contributed by atoms with Gasteiger partial charge in [-0.05, 0) is 50.0 Å². The Morgan fingerprint density at radius 1 is 1.34 bits per heavy atom. The molecule has 1 saturated heterocycles. The number of amides is 2. The molecule has 2 amide bonds. The number of rotatable bonds is 3. The summed E-state index contributed by atoms with van der Waals surface area (Å²) in [6.07, 6.45) is 5.25. The third-order valence-electron chi connectivity index (χ3n) is 5.27. The molecule has 3 heterocycles. The second-order valence-corrected chi connectivity index (χ2v) is 8.63. The topological polar surface area (TPSA) is 74.3 Å². The van der Waals surface area contributed by atoms with Gasteiger partial charge in [0, 0.05) is 48.1 Å². The lowest BCUT2D eigenvalue weighted by Crippen LogP contribution is -2.32. The summed E-state index contributed by atoms with van der Waals surface area (Å²) >= 11 is 1.53. The van der Waals surface area contributed by atoms with Crippen LogP contribution < -0.4 is 10.6 Å². The number of nitrogens with one attached hydrogen (secondary N) is 2.